The molecule has 5 rings (SSSR count). The maximum absolute atomic E-state index is 12.5. The fourth-order valence-electron chi connectivity index (χ4n) is 3.62. The SMILES string of the molecule is O=c1[nH]c(C2CC2)nc2c1CN(Cc1cnc(-c3ccccc3)nc1)CC2. The van der Waals surface area contributed by atoms with Crippen LogP contribution in [0.3, 0.4) is 0 Å². The topological polar surface area (TPSA) is 74.8 Å². The summed E-state index contributed by atoms with van der Waals surface area (Å²) in [6.07, 6.45) is 6.87. The number of rotatable bonds is 4. The molecule has 1 saturated carbocycles. The summed E-state index contributed by atoms with van der Waals surface area (Å²) in [4.78, 5) is 31.4. The fourth-order valence-corrected chi connectivity index (χ4v) is 3.62. The van der Waals surface area contributed by atoms with Crippen molar-refractivity contribution in [3.05, 3.63) is 75.7 Å². The summed E-state index contributed by atoms with van der Waals surface area (Å²) in [7, 11) is 0. The number of nitrogens with zero attached hydrogens (tertiary/aromatic N) is 4. The van der Waals surface area contributed by atoms with E-state index >= 15 is 0 Å². The minimum absolute atomic E-state index is 0.0299. The van der Waals surface area contributed by atoms with Crippen LogP contribution >= 0.6 is 0 Å². The Morgan fingerprint density at radius 2 is 1.89 bits per heavy atom. The largest absolute Gasteiger partial charge is 0.310 e. The summed E-state index contributed by atoms with van der Waals surface area (Å²) in [5.74, 6) is 2.09. The summed E-state index contributed by atoms with van der Waals surface area (Å²) in [6.45, 7) is 2.26. The van der Waals surface area contributed by atoms with Crippen molar-refractivity contribution >= 4 is 0 Å². The van der Waals surface area contributed by atoms with Crippen LogP contribution in [0.25, 0.3) is 11.4 Å². The van der Waals surface area contributed by atoms with Gasteiger partial charge in [0, 0.05) is 55.5 Å². The van der Waals surface area contributed by atoms with E-state index in [1.165, 1.54) is 0 Å². The van der Waals surface area contributed by atoms with Gasteiger partial charge < -0.3 is 4.98 Å². The molecule has 1 fully saturated rings. The van der Waals surface area contributed by atoms with Gasteiger partial charge in [0.05, 0.1) is 11.3 Å². The van der Waals surface area contributed by atoms with Gasteiger partial charge >= 0.3 is 0 Å². The molecule has 0 unspecified atom stereocenters. The molecule has 1 N–H and O–H groups in total. The lowest BCUT2D eigenvalue weighted by molar-refractivity contribution is 0.241. The summed E-state index contributed by atoms with van der Waals surface area (Å²) in [5, 5.41) is 0. The van der Waals surface area contributed by atoms with Gasteiger partial charge in [-0.2, -0.15) is 0 Å². The monoisotopic (exact) mass is 359 g/mol. The van der Waals surface area contributed by atoms with Gasteiger partial charge in [-0.3, -0.25) is 9.69 Å². The van der Waals surface area contributed by atoms with Crippen LogP contribution in [0.15, 0.2) is 47.5 Å². The molecular weight excluding hydrogens is 338 g/mol. The molecule has 27 heavy (non-hydrogen) atoms. The molecule has 2 aromatic heterocycles. The quantitative estimate of drug-likeness (QED) is 0.775. The van der Waals surface area contributed by atoms with Gasteiger partial charge in [0.1, 0.15) is 5.82 Å². The molecule has 136 valence electrons. The first kappa shape index (κ1) is 16.3. The molecule has 0 saturated heterocycles. The number of nitrogens with one attached hydrogen (secondary N) is 1. The second kappa shape index (κ2) is 6.70. The molecule has 6 nitrogen and oxygen atoms in total. The van der Waals surface area contributed by atoms with E-state index in [4.69, 9.17) is 4.98 Å². The third-order valence-corrected chi connectivity index (χ3v) is 5.27. The molecule has 2 aliphatic rings. The van der Waals surface area contributed by atoms with Gasteiger partial charge in [-0.15, -0.1) is 0 Å². The molecule has 3 aromatic rings. The zero-order valence-electron chi connectivity index (χ0n) is 15.1. The summed E-state index contributed by atoms with van der Waals surface area (Å²) >= 11 is 0. The van der Waals surface area contributed by atoms with Crippen LogP contribution in [-0.4, -0.2) is 31.4 Å². The van der Waals surface area contributed by atoms with E-state index < -0.39 is 0 Å². The average molecular weight is 359 g/mol. The van der Waals surface area contributed by atoms with Crippen LogP contribution < -0.4 is 5.56 Å². The number of hydrogen-bond acceptors (Lipinski definition) is 5. The Morgan fingerprint density at radius 3 is 2.63 bits per heavy atom. The molecule has 3 heterocycles. The summed E-state index contributed by atoms with van der Waals surface area (Å²) in [5.41, 5.74) is 3.89. The van der Waals surface area contributed by atoms with Crippen molar-refractivity contribution in [1.29, 1.82) is 0 Å². The number of fused-ring (bicyclic) bond motifs is 1. The molecule has 0 bridgehead atoms. The van der Waals surface area contributed by atoms with Crippen LogP contribution in [0.2, 0.25) is 0 Å². The Kier molecular flexibility index (Phi) is 4.05. The lowest BCUT2D eigenvalue weighted by Gasteiger charge is -2.27. The maximum atomic E-state index is 12.5. The lowest BCUT2D eigenvalue weighted by Crippen LogP contribution is -2.35. The first-order chi connectivity index (χ1) is 13.3. The number of hydrogen-bond donors (Lipinski definition) is 1. The Labute approximate surface area is 157 Å². The molecule has 0 radical (unpaired) electrons. The van der Waals surface area contributed by atoms with E-state index in [1.54, 1.807) is 0 Å². The smallest absolute Gasteiger partial charge is 0.255 e. The van der Waals surface area contributed by atoms with Crippen LogP contribution in [0.5, 0.6) is 0 Å². The average Bonchev–Trinajstić information content (AvgIpc) is 3.55. The molecule has 0 amide bonds. The highest BCUT2D eigenvalue weighted by molar-refractivity contribution is 5.53. The predicted octanol–water partition coefficient (Wildman–Crippen LogP) is 2.66. The Morgan fingerprint density at radius 1 is 1.11 bits per heavy atom. The van der Waals surface area contributed by atoms with Crippen molar-refractivity contribution < 1.29 is 0 Å². The lowest BCUT2D eigenvalue weighted by atomic mass is 10.1. The van der Waals surface area contributed by atoms with Crippen LogP contribution in [-0.2, 0) is 19.5 Å². The van der Waals surface area contributed by atoms with E-state index in [0.29, 0.717) is 12.5 Å². The van der Waals surface area contributed by atoms with Crippen LogP contribution in [0.4, 0.5) is 0 Å². The van der Waals surface area contributed by atoms with Gasteiger partial charge in [-0.1, -0.05) is 30.3 Å². The van der Waals surface area contributed by atoms with Crippen LogP contribution in [0.1, 0.15) is 41.4 Å². The van der Waals surface area contributed by atoms with Gasteiger partial charge in [0.2, 0.25) is 0 Å². The van der Waals surface area contributed by atoms with Crippen LogP contribution in [0, 0.1) is 0 Å². The van der Waals surface area contributed by atoms with Crippen molar-refractivity contribution in [2.75, 3.05) is 6.54 Å². The second-order valence-electron chi connectivity index (χ2n) is 7.39. The zero-order chi connectivity index (χ0) is 18.2. The van der Waals surface area contributed by atoms with Crippen molar-refractivity contribution in [3.63, 3.8) is 0 Å². The second-order valence-corrected chi connectivity index (χ2v) is 7.39. The summed E-state index contributed by atoms with van der Waals surface area (Å²) in [6, 6.07) is 9.96. The maximum Gasteiger partial charge on any atom is 0.255 e. The third kappa shape index (κ3) is 3.40. The minimum Gasteiger partial charge on any atom is -0.310 e. The highest BCUT2D eigenvalue weighted by Crippen LogP contribution is 2.37. The molecule has 6 heteroatoms. The first-order valence-corrected chi connectivity index (χ1v) is 9.47. The van der Waals surface area contributed by atoms with Crippen molar-refractivity contribution in [2.45, 2.75) is 38.3 Å². The van der Waals surface area contributed by atoms with Crippen molar-refractivity contribution in [3.8, 4) is 11.4 Å². The van der Waals surface area contributed by atoms with E-state index in [-0.39, 0.29) is 5.56 Å². The van der Waals surface area contributed by atoms with Crippen molar-refractivity contribution in [2.24, 2.45) is 0 Å². The molecule has 0 atom stereocenters. The molecular formula is C21H21N5O. The van der Waals surface area contributed by atoms with Gasteiger partial charge in [0.15, 0.2) is 5.82 Å². The number of benzene rings is 1. The first-order valence-electron chi connectivity index (χ1n) is 9.47. The van der Waals surface area contributed by atoms with E-state index in [9.17, 15) is 4.79 Å². The number of aromatic amines is 1. The Hall–Kier alpha value is -2.86. The summed E-state index contributed by atoms with van der Waals surface area (Å²) < 4.78 is 0. The molecule has 0 spiro atoms. The fraction of sp³-hybridized carbons (Fsp3) is 0.333. The number of aromatic nitrogens is 4. The highest BCUT2D eigenvalue weighted by atomic mass is 16.1. The normalized spacial score (nSPS) is 16.9. The minimum atomic E-state index is 0.0299. The van der Waals surface area contributed by atoms with Gasteiger partial charge in [0.25, 0.3) is 5.56 Å². The predicted molar refractivity (Wildman–Crippen MR) is 102 cm³/mol. The zero-order valence-corrected chi connectivity index (χ0v) is 15.1. The molecule has 1 aliphatic carbocycles. The number of H-pyrrole nitrogens is 1. The Balaban J connectivity index is 1.30. The van der Waals surface area contributed by atoms with Gasteiger partial charge in [-0.05, 0) is 12.8 Å². The van der Waals surface area contributed by atoms with Crippen molar-refractivity contribution in [1.82, 2.24) is 24.8 Å². The third-order valence-electron chi connectivity index (χ3n) is 5.27. The van der Waals surface area contributed by atoms with Gasteiger partial charge in [-0.25, -0.2) is 15.0 Å². The highest BCUT2D eigenvalue weighted by Gasteiger charge is 2.29. The van der Waals surface area contributed by atoms with E-state index in [1.807, 2.05) is 42.7 Å². The molecule has 1 aliphatic heterocycles. The van der Waals surface area contributed by atoms with E-state index in [0.717, 1.165) is 66.4 Å². The Bertz CT molecular complexity index is 1010. The molecule has 1 aromatic carbocycles. The van der Waals surface area contributed by atoms with E-state index in [2.05, 4.69) is 19.9 Å². The standard InChI is InChI=1S/C21H21N5O/c27-21-17-13-26(9-8-18(17)24-20(25-21)16-6-7-16)12-14-10-22-19(23-11-14)15-4-2-1-3-5-15/h1-5,10-11,16H,6-9,12-13H2,(H,24,25,27).